The van der Waals surface area contributed by atoms with E-state index < -0.39 is 47.1 Å². The Kier molecular flexibility index (Phi) is 46.9. The molecule has 19 heteroatoms. The maximum absolute atomic E-state index is 10.8. The van der Waals surface area contributed by atoms with Crippen molar-refractivity contribution in [2.75, 3.05) is 40.4 Å². The molecule has 0 rings (SSSR count). The molecule has 0 aliphatic rings. The van der Waals surface area contributed by atoms with E-state index in [0.717, 1.165) is 14.0 Å². The van der Waals surface area contributed by atoms with E-state index in [0.29, 0.717) is 13.0 Å². The minimum Gasteiger partial charge on any atom is -0.454 e. The van der Waals surface area contributed by atoms with Gasteiger partial charge in [-0.05, 0) is 53.2 Å². The van der Waals surface area contributed by atoms with Crippen LogP contribution < -0.4 is 0 Å². The van der Waals surface area contributed by atoms with Crippen molar-refractivity contribution in [2.45, 2.75) is 88.9 Å². The molecule has 0 radical (unpaired) electrons. The zero-order valence-electron chi connectivity index (χ0n) is 26.2. The van der Waals surface area contributed by atoms with Gasteiger partial charge in [0.15, 0.2) is 13.8 Å². The summed E-state index contributed by atoms with van der Waals surface area (Å²) in [5, 5.41) is 0. The predicted molar refractivity (Wildman–Crippen MR) is 180 cm³/mol. The molecular formula is C23H59ClO13P4Si. The maximum atomic E-state index is 10.8. The van der Waals surface area contributed by atoms with Crippen molar-refractivity contribution >= 4 is 72.4 Å². The summed E-state index contributed by atoms with van der Waals surface area (Å²) < 4.78 is 44.7. The highest BCUT2D eigenvalue weighted by molar-refractivity contribution is 7.79. The van der Waals surface area contributed by atoms with Crippen molar-refractivity contribution < 1.29 is 61.0 Å². The topological polar surface area (TPSA) is 208 Å². The lowest BCUT2D eigenvalue weighted by atomic mass is 10.6. The van der Waals surface area contributed by atoms with Gasteiger partial charge in [0.1, 0.15) is 7.14 Å². The number of carbonyl (C=O) groups excluding carboxylic acids is 4. The van der Waals surface area contributed by atoms with Crippen LogP contribution in [0.25, 0.3) is 0 Å². The molecule has 0 spiro atoms. The average Bonchev–Trinajstić information content (AvgIpc) is 2.77. The molecule has 260 valence electrons. The van der Waals surface area contributed by atoms with Crippen LogP contribution in [-0.4, -0.2) is 85.4 Å². The Morgan fingerprint density at radius 3 is 1.17 bits per heavy atom. The average molecular weight is 731 g/mol. The van der Waals surface area contributed by atoms with E-state index in [1.165, 1.54) is 20.3 Å². The lowest BCUT2D eigenvalue weighted by molar-refractivity contribution is -0.113. The van der Waals surface area contributed by atoms with Crippen LogP contribution in [0.3, 0.4) is 0 Å². The van der Waals surface area contributed by atoms with Crippen LogP contribution in [-0.2, 0) is 41.6 Å². The van der Waals surface area contributed by atoms with Crippen LogP contribution in [0.5, 0.6) is 0 Å². The van der Waals surface area contributed by atoms with E-state index in [9.17, 15) is 32.9 Å². The normalized spacial score (nSPS) is 11.3. The van der Waals surface area contributed by atoms with E-state index >= 15 is 0 Å². The summed E-state index contributed by atoms with van der Waals surface area (Å²) in [5.74, 6) is 0. The highest BCUT2D eigenvalue weighted by atomic mass is 35.5. The van der Waals surface area contributed by atoms with Gasteiger partial charge in [-0.1, -0.05) is 42.5 Å². The third-order valence-corrected chi connectivity index (χ3v) is 10.4. The van der Waals surface area contributed by atoms with Crippen LogP contribution in [0.1, 0.15) is 69.2 Å². The molecular weight excluding hydrogens is 672 g/mol. The fourth-order valence-corrected chi connectivity index (χ4v) is 7.30. The first-order valence-electron chi connectivity index (χ1n) is 11.9. The SMILES string of the molecule is C.C.CC.CCC(=O)P(=O)(O)O.CCC(=O)P(C)(C)=O.CCOC(=O)Cl.COP(=O)(O)C(C)=O.CP(C)O[Si](C)(C)C. The molecule has 13 nitrogen and oxygen atoms in total. The Bertz CT molecular complexity index is 818. The first-order valence-corrected chi connectivity index (χ1v) is 23.6. The molecule has 1 unspecified atom stereocenters. The summed E-state index contributed by atoms with van der Waals surface area (Å²) in [6.07, 6.45) is 0.286. The van der Waals surface area contributed by atoms with Crippen molar-refractivity contribution in [1.29, 1.82) is 0 Å². The van der Waals surface area contributed by atoms with Crippen LogP contribution in [0.15, 0.2) is 0 Å². The summed E-state index contributed by atoms with van der Waals surface area (Å²) in [5.41, 5.74) is -2.69. The molecule has 0 amide bonds. The Labute approximate surface area is 262 Å². The van der Waals surface area contributed by atoms with Crippen LogP contribution in [0.4, 0.5) is 4.79 Å². The second-order valence-corrected chi connectivity index (χ2v) is 22.0. The third-order valence-electron chi connectivity index (χ3n) is 2.89. The molecule has 0 fully saturated rings. The van der Waals surface area contributed by atoms with Gasteiger partial charge in [0.2, 0.25) is 11.0 Å². The van der Waals surface area contributed by atoms with Gasteiger partial charge in [0.25, 0.3) is 0 Å². The maximum Gasteiger partial charge on any atom is 0.403 e. The van der Waals surface area contributed by atoms with Crippen molar-refractivity contribution in [3.8, 4) is 0 Å². The molecule has 0 aliphatic carbocycles. The van der Waals surface area contributed by atoms with Crippen molar-refractivity contribution in [3.05, 3.63) is 0 Å². The highest BCUT2D eigenvalue weighted by Gasteiger charge is 2.23. The van der Waals surface area contributed by atoms with Gasteiger partial charge >= 0.3 is 20.6 Å². The van der Waals surface area contributed by atoms with Gasteiger partial charge in [0.05, 0.1) is 6.61 Å². The summed E-state index contributed by atoms with van der Waals surface area (Å²) in [6, 6.07) is 0. The van der Waals surface area contributed by atoms with Crippen molar-refractivity contribution in [3.63, 3.8) is 0 Å². The standard InChI is InChI=1S/C5H11O2P.C5H15OPSi.C3H5ClO2.2C3H7O4P.C2H6.2CH4/c1-4-5(6)8(2,3)7;1-7(2)6-8(3,4)5;1-2-6-3(4)5;1-3(4)8(5,6)7-2;1-2-3(4)8(5,6)7;1-2;;/h4H2,1-3H3;1-5H3;2H2,1H3;1-2H3,(H,5,6);2H2,1H3,(H2,5,6,7);1-2H3;2*1H4. The molecule has 0 aliphatic heterocycles. The fraction of sp³-hybridized carbons (Fsp3) is 0.826. The second-order valence-electron chi connectivity index (χ2n) is 8.30. The summed E-state index contributed by atoms with van der Waals surface area (Å²) >= 11 is 4.72. The monoisotopic (exact) mass is 730 g/mol. The van der Waals surface area contributed by atoms with Crippen LogP contribution in [0.2, 0.25) is 19.6 Å². The van der Waals surface area contributed by atoms with Gasteiger partial charge in [-0.15, -0.1) is 0 Å². The van der Waals surface area contributed by atoms with Crippen molar-refractivity contribution in [2.24, 2.45) is 0 Å². The fourth-order valence-electron chi connectivity index (χ4n) is 1.38. The first-order chi connectivity index (χ1) is 17.7. The molecule has 3 N–H and O–H groups in total. The molecule has 0 heterocycles. The van der Waals surface area contributed by atoms with Gasteiger partial charge in [-0.25, -0.2) is 4.79 Å². The van der Waals surface area contributed by atoms with Gasteiger partial charge < -0.3 is 32.7 Å². The smallest absolute Gasteiger partial charge is 0.403 e. The number of rotatable bonds is 9. The Hall–Kier alpha value is -0.0931. The van der Waals surface area contributed by atoms with E-state index in [1.54, 1.807) is 13.8 Å². The lowest BCUT2D eigenvalue weighted by Crippen LogP contribution is -2.21. The molecule has 0 aromatic carbocycles. The molecule has 0 bridgehead atoms. The van der Waals surface area contributed by atoms with E-state index in [4.69, 9.17) is 30.5 Å². The summed E-state index contributed by atoms with van der Waals surface area (Å²) in [6.45, 7) is 24.1. The Balaban J connectivity index is -0.0000000560. The summed E-state index contributed by atoms with van der Waals surface area (Å²) in [7, 11) is -11.0. The van der Waals surface area contributed by atoms with Gasteiger partial charge in [-0.2, -0.15) is 0 Å². The molecule has 0 aromatic rings. The molecule has 42 heavy (non-hydrogen) atoms. The number of hydrogen-bond acceptors (Lipinski definition) is 10. The molecule has 1 atom stereocenters. The first kappa shape index (κ1) is 61.0. The lowest BCUT2D eigenvalue weighted by Gasteiger charge is -2.19. The Morgan fingerprint density at radius 1 is 0.833 bits per heavy atom. The predicted octanol–water partition coefficient (Wildman–Crippen LogP) is 8.19. The highest BCUT2D eigenvalue weighted by Crippen LogP contribution is 2.41. The van der Waals surface area contributed by atoms with Gasteiger partial charge in [0, 0.05) is 46.6 Å². The minimum absolute atomic E-state index is 0. The second kappa shape index (κ2) is 32.3. The zero-order chi connectivity index (χ0) is 34.1. The molecule has 0 saturated carbocycles. The van der Waals surface area contributed by atoms with Crippen LogP contribution in [0, 0.1) is 0 Å². The largest absolute Gasteiger partial charge is 0.454 e. The third kappa shape index (κ3) is 55.8. The van der Waals surface area contributed by atoms with Crippen molar-refractivity contribution in [1.82, 2.24) is 0 Å². The summed E-state index contributed by atoms with van der Waals surface area (Å²) in [4.78, 5) is 64.8. The Morgan fingerprint density at radius 2 is 1.17 bits per heavy atom. The van der Waals surface area contributed by atoms with E-state index in [1.807, 2.05) is 13.8 Å². The van der Waals surface area contributed by atoms with Crippen LogP contribution >= 0.6 is 42.1 Å². The zero-order valence-corrected chi connectivity index (χ0v) is 31.5. The quantitative estimate of drug-likeness (QED) is 0.116. The van der Waals surface area contributed by atoms with Gasteiger partial charge in [-0.3, -0.25) is 23.5 Å². The van der Waals surface area contributed by atoms with E-state index in [2.05, 4.69) is 42.2 Å². The van der Waals surface area contributed by atoms with E-state index in [-0.39, 0.29) is 34.9 Å². The molecule has 0 saturated heterocycles. The number of hydrogen-bond donors (Lipinski definition) is 3. The molecule has 0 aromatic heterocycles. The minimum atomic E-state index is -4.40. The number of ether oxygens (including phenoxy) is 1. The number of halogens is 1. The number of carbonyl (C=O) groups is 4.